The summed E-state index contributed by atoms with van der Waals surface area (Å²) in [6.07, 6.45) is 0. The van der Waals surface area contributed by atoms with Crippen LogP contribution in [0.5, 0.6) is 11.5 Å². The van der Waals surface area contributed by atoms with E-state index in [4.69, 9.17) is 21.8 Å². The first-order chi connectivity index (χ1) is 4.20. The Hall–Kier alpha value is 0.110. The molecule has 0 bridgehead atoms. The maximum atomic E-state index is 8.75. The maximum Gasteiger partial charge on any atom is 1.00 e. The van der Waals surface area contributed by atoms with Crippen molar-refractivity contribution in [3.63, 3.8) is 0 Å². The van der Waals surface area contributed by atoms with Gasteiger partial charge >= 0.3 is 29.6 Å². The Kier molecular flexibility index (Phi) is 4.13. The number of hydrogen-bond acceptors (Lipinski definition) is 2. The van der Waals surface area contributed by atoms with Gasteiger partial charge in [0.15, 0.2) is 0 Å². The Morgan fingerprint density at radius 2 is 1.90 bits per heavy atom. The number of benzene rings is 1. The van der Waals surface area contributed by atoms with Crippen molar-refractivity contribution in [1.29, 1.82) is 0 Å². The molecule has 2 nitrogen and oxygen atoms in total. The molecule has 1 aromatic carbocycles. The van der Waals surface area contributed by atoms with E-state index in [9.17, 15) is 0 Å². The van der Waals surface area contributed by atoms with Crippen LogP contribution >= 0.6 is 11.6 Å². The summed E-state index contributed by atoms with van der Waals surface area (Å²) in [6.45, 7) is 0. The predicted molar refractivity (Wildman–Crippen MR) is 33.6 cm³/mol. The van der Waals surface area contributed by atoms with E-state index in [0.717, 1.165) is 0 Å². The van der Waals surface area contributed by atoms with Crippen molar-refractivity contribution < 1.29 is 39.8 Å². The van der Waals surface area contributed by atoms with Crippen molar-refractivity contribution >= 4 is 11.6 Å². The smallest absolute Gasteiger partial charge is 0.562 e. The summed E-state index contributed by atoms with van der Waals surface area (Å²) < 4.78 is 0. The minimum absolute atomic E-state index is 0. The Labute approximate surface area is 85.7 Å². The molecule has 0 unspecified atom stereocenters. The van der Waals surface area contributed by atoms with Crippen LogP contribution in [0.1, 0.15) is 0 Å². The molecule has 10 heavy (non-hydrogen) atoms. The van der Waals surface area contributed by atoms with Crippen molar-refractivity contribution in [2.45, 2.75) is 0 Å². The van der Waals surface area contributed by atoms with Gasteiger partial charge in [-0.2, -0.15) is 6.07 Å². The van der Waals surface area contributed by atoms with Crippen molar-refractivity contribution in [3.8, 4) is 11.5 Å². The summed E-state index contributed by atoms with van der Waals surface area (Å²) in [5.74, 6) is -0.432. The molecule has 0 saturated carbocycles. The standard InChI is InChI=1S/C6H4ClO2.Na/c7-4-1-2-5(8)6(9)3-4;/h2-3,8-9H;/q-1;+1. The Morgan fingerprint density at radius 3 is 2.30 bits per heavy atom. The van der Waals surface area contributed by atoms with Crippen molar-refractivity contribution in [1.82, 2.24) is 0 Å². The Balaban J connectivity index is 0.000000810. The average molecular weight is 167 g/mol. The molecule has 4 heteroatoms. The molecule has 0 aliphatic carbocycles. The van der Waals surface area contributed by atoms with Crippen LogP contribution in [0, 0.1) is 6.07 Å². The van der Waals surface area contributed by atoms with Crippen LogP contribution in [0.25, 0.3) is 0 Å². The molecule has 0 spiro atoms. The average Bonchev–Trinajstić information content (AvgIpc) is 1.80. The SMILES string of the molecule is Oc1c[c-]c(Cl)cc1O.[Na+]. The summed E-state index contributed by atoms with van der Waals surface area (Å²) >= 11 is 5.39. The van der Waals surface area contributed by atoms with Gasteiger partial charge in [-0.15, -0.1) is 23.7 Å². The Bertz CT molecular complexity index is 227. The predicted octanol–water partition coefficient (Wildman–Crippen LogP) is -1.44. The van der Waals surface area contributed by atoms with Gasteiger partial charge in [-0.1, -0.05) is 5.02 Å². The molecule has 0 aromatic heterocycles. The van der Waals surface area contributed by atoms with Crippen LogP contribution in [-0.2, 0) is 0 Å². The van der Waals surface area contributed by atoms with E-state index >= 15 is 0 Å². The second kappa shape index (κ2) is 4.09. The van der Waals surface area contributed by atoms with E-state index < -0.39 is 0 Å². The van der Waals surface area contributed by atoms with E-state index in [1.807, 2.05) is 0 Å². The molecular formula is C6H4ClNaO2. The van der Waals surface area contributed by atoms with Crippen LogP contribution in [0.3, 0.4) is 0 Å². The molecule has 1 aromatic rings. The van der Waals surface area contributed by atoms with Crippen LogP contribution in [-0.4, -0.2) is 10.2 Å². The van der Waals surface area contributed by atoms with E-state index in [1.54, 1.807) is 0 Å². The summed E-state index contributed by atoms with van der Waals surface area (Å²) in [5, 5.41) is 17.7. The van der Waals surface area contributed by atoms with Gasteiger partial charge in [0.25, 0.3) is 0 Å². The van der Waals surface area contributed by atoms with Gasteiger partial charge in [-0.25, -0.2) is 0 Å². The largest absolute Gasteiger partial charge is 1.00 e. The first kappa shape index (κ1) is 10.1. The molecule has 0 amide bonds. The van der Waals surface area contributed by atoms with E-state index in [2.05, 4.69) is 6.07 Å². The summed E-state index contributed by atoms with van der Waals surface area (Å²) in [7, 11) is 0. The van der Waals surface area contributed by atoms with Crippen LogP contribution < -0.4 is 29.6 Å². The molecule has 1 rings (SSSR count). The minimum atomic E-state index is -0.223. The summed E-state index contributed by atoms with van der Waals surface area (Å²) in [6, 6.07) is 4.92. The van der Waals surface area contributed by atoms with Gasteiger partial charge in [0, 0.05) is 11.5 Å². The molecule has 0 aliphatic heterocycles. The second-order valence-corrected chi connectivity index (χ2v) is 1.96. The van der Waals surface area contributed by atoms with Crippen LogP contribution in [0.4, 0.5) is 0 Å². The normalized spacial score (nSPS) is 8.50. The number of rotatable bonds is 0. The van der Waals surface area contributed by atoms with Gasteiger partial charge in [0.05, 0.1) is 0 Å². The zero-order chi connectivity index (χ0) is 6.85. The van der Waals surface area contributed by atoms with E-state index in [-0.39, 0.29) is 46.1 Å². The fraction of sp³-hybridized carbons (Fsp3) is 0. The van der Waals surface area contributed by atoms with Crippen LogP contribution in [0.15, 0.2) is 12.1 Å². The summed E-state index contributed by atoms with van der Waals surface area (Å²) in [5.41, 5.74) is 0. The number of phenols is 2. The maximum absolute atomic E-state index is 8.75. The second-order valence-electron chi connectivity index (χ2n) is 1.55. The molecule has 0 fully saturated rings. The summed E-state index contributed by atoms with van der Waals surface area (Å²) in [4.78, 5) is 0. The van der Waals surface area contributed by atoms with Gasteiger partial charge in [0.1, 0.15) is 0 Å². The molecule has 0 heterocycles. The molecular weight excluding hydrogens is 163 g/mol. The van der Waals surface area contributed by atoms with Gasteiger partial charge < -0.3 is 10.2 Å². The van der Waals surface area contributed by atoms with Crippen molar-refractivity contribution in [2.24, 2.45) is 0 Å². The van der Waals surface area contributed by atoms with Crippen molar-refractivity contribution in [3.05, 3.63) is 23.2 Å². The zero-order valence-corrected chi connectivity index (χ0v) is 8.18. The molecule has 2 N–H and O–H groups in total. The molecule has 0 aliphatic rings. The van der Waals surface area contributed by atoms with Gasteiger partial charge in [-0.3, -0.25) is 0 Å². The molecule has 0 saturated heterocycles. The van der Waals surface area contributed by atoms with E-state index in [1.165, 1.54) is 12.1 Å². The first-order valence-electron chi connectivity index (χ1n) is 2.29. The fourth-order valence-corrected chi connectivity index (χ4v) is 0.605. The molecule has 0 radical (unpaired) electrons. The fourth-order valence-electron chi connectivity index (χ4n) is 0.447. The Morgan fingerprint density at radius 1 is 1.30 bits per heavy atom. The van der Waals surface area contributed by atoms with E-state index in [0.29, 0.717) is 0 Å². The first-order valence-corrected chi connectivity index (χ1v) is 2.67. The third-order valence-electron chi connectivity index (χ3n) is 0.873. The van der Waals surface area contributed by atoms with Crippen molar-refractivity contribution in [2.75, 3.05) is 0 Å². The number of halogens is 1. The minimum Gasteiger partial charge on any atom is -0.562 e. The quantitative estimate of drug-likeness (QED) is 0.282. The zero-order valence-electron chi connectivity index (χ0n) is 5.43. The van der Waals surface area contributed by atoms with Crippen LogP contribution in [0.2, 0.25) is 5.02 Å². The topological polar surface area (TPSA) is 40.5 Å². The number of hydrogen-bond donors (Lipinski definition) is 2. The van der Waals surface area contributed by atoms with Gasteiger partial charge in [-0.05, 0) is 0 Å². The third kappa shape index (κ3) is 2.39. The van der Waals surface area contributed by atoms with Gasteiger partial charge in [0.2, 0.25) is 0 Å². The third-order valence-corrected chi connectivity index (χ3v) is 1.09. The monoisotopic (exact) mass is 166 g/mol. The number of aromatic hydroxyl groups is 2. The molecule has 0 atom stereocenters. The number of phenolic OH excluding ortho intramolecular Hbond substituents is 2. The molecule has 48 valence electrons.